The van der Waals surface area contributed by atoms with Gasteiger partial charge in [-0.2, -0.15) is 0 Å². The number of hydrogen-bond donors (Lipinski definition) is 1. The Morgan fingerprint density at radius 2 is 1.86 bits per heavy atom. The summed E-state index contributed by atoms with van der Waals surface area (Å²) < 4.78 is 12.3. The third kappa shape index (κ3) is 4.74. The van der Waals surface area contributed by atoms with Crippen LogP contribution in [-0.4, -0.2) is 29.3 Å². The molecule has 29 heavy (non-hydrogen) atoms. The second-order valence-corrected chi connectivity index (χ2v) is 6.76. The van der Waals surface area contributed by atoms with Crippen LogP contribution in [0.4, 0.5) is 5.69 Å². The summed E-state index contributed by atoms with van der Waals surface area (Å²) in [6, 6.07) is 12.8. The van der Waals surface area contributed by atoms with E-state index in [1.54, 1.807) is 31.4 Å². The number of hydrogen-bond acceptors (Lipinski definition) is 5. The predicted octanol–water partition coefficient (Wildman–Crippen LogP) is 5.15. The van der Waals surface area contributed by atoms with Gasteiger partial charge in [0, 0.05) is 11.9 Å². The molecule has 0 aliphatic rings. The van der Waals surface area contributed by atoms with Gasteiger partial charge in [-0.15, -0.1) is 10.2 Å². The summed E-state index contributed by atoms with van der Waals surface area (Å²) in [6.45, 7) is 4.49. The highest BCUT2D eigenvalue weighted by Gasteiger charge is 2.17. The van der Waals surface area contributed by atoms with Crippen LogP contribution in [0, 0.1) is 6.92 Å². The molecule has 0 unspecified atom stereocenters. The molecule has 0 aliphatic carbocycles. The van der Waals surface area contributed by atoms with Crippen molar-refractivity contribution in [1.29, 1.82) is 0 Å². The van der Waals surface area contributed by atoms with E-state index in [1.807, 2.05) is 29.7 Å². The number of fused-ring (bicyclic) bond motifs is 1. The topological polar surface area (TPSA) is 85.4 Å². The highest BCUT2D eigenvalue weighted by atomic mass is 16.5. The first-order chi connectivity index (χ1) is 14.0. The van der Waals surface area contributed by atoms with Crippen LogP contribution in [0.2, 0.25) is 0 Å². The summed E-state index contributed by atoms with van der Waals surface area (Å²) in [6.07, 6.45) is 1.93. The standard InChI is InChI=1S/C22H25N3O4/c1-4-5-12-25-19-11-6-15(2)13-18(19)21(22(25)27)24-23-20(26)14-29-17-9-7-16(28-3)8-10-17/h6-11,13,27H,4-5,12,14H2,1-3H3. The zero-order chi connectivity index (χ0) is 20.8. The number of aryl methyl sites for hydroxylation is 2. The van der Waals surface area contributed by atoms with Crippen molar-refractivity contribution < 1.29 is 19.4 Å². The molecule has 2 aromatic carbocycles. The Bertz CT molecular complexity index is 1020. The van der Waals surface area contributed by atoms with Crippen molar-refractivity contribution in [1.82, 2.24) is 4.57 Å². The van der Waals surface area contributed by atoms with Gasteiger partial charge >= 0.3 is 5.91 Å². The van der Waals surface area contributed by atoms with E-state index in [2.05, 4.69) is 17.2 Å². The molecule has 0 atom stereocenters. The fourth-order valence-corrected chi connectivity index (χ4v) is 3.03. The third-order valence-corrected chi connectivity index (χ3v) is 4.58. The largest absolute Gasteiger partial charge is 0.497 e. The zero-order valence-electron chi connectivity index (χ0n) is 16.9. The smallest absolute Gasteiger partial charge is 0.302 e. The van der Waals surface area contributed by atoms with E-state index < -0.39 is 5.91 Å². The number of azo groups is 1. The lowest BCUT2D eigenvalue weighted by molar-refractivity contribution is -0.120. The molecule has 0 aliphatic heterocycles. The van der Waals surface area contributed by atoms with Gasteiger partial charge in [-0.05, 0) is 49.7 Å². The van der Waals surface area contributed by atoms with Gasteiger partial charge in [0.25, 0.3) is 0 Å². The Morgan fingerprint density at radius 1 is 1.14 bits per heavy atom. The number of amides is 1. The molecule has 0 bridgehead atoms. The molecule has 3 aromatic rings. The molecule has 0 fully saturated rings. The van der Waals surface area contributed by atoms with E-state index >= 15 is 0 Å². The number of benzene rings is 2. The van der Waals surface area contributed by atoms with Crippen LogP contribution in [0.15, 0.2) is 52.7 Å². The van der Waals surface area contributed by atoms with Crippen molar-refractivity contribution in [2.24, 2.45) is 10.2 Å². The molecule has 1 aromatic heterocycles. The summed E-state index contributed by atoms with van der Waals surface area (Å²) in [5.74, 6) is 0.714. The highest BCUT2D eigenvalue weighted by Crippen LogP contribution is 2.39. The number of methoxy groups -OCH3 is 1. The number of ether oxygens (including phenoxy) is 2. The molecule has 7 nitrogen and oxygen atoms in total. The third-order valence-electron chi connectivity index (χ3n) is 4.58. The first kappa shape index (κ1) is 20.4. The lowest BCUT2D eigenvalue weighted by Gasteiger charge is -2.05. The van der Waals surface area contributed by atoms with Gasteiger partial charge in [0.15, 0.2) is 12.3 Å². The van der Waals surface area contributed by atoms with Gasteiger partial charge in [0.05, 0.1) is 12.6 Å². The second kappa shape index (κ2) is 9.23. The second-order valence-electron chi connectivity index (χ2n) is 6.76. The van der Waals surface area contributed by atoms with Gasteiger partial charge < -0.3 is 19.1 Å². The molecule has 0 radical (unpaired) electrons. The van der Waals surface area contributed by atoms with Crippen molar-refractivity contribution in [2.45, 2.75) is 33.2 Å². The van der Waals surface area contributed by atoms with Crippen LogP contribution >= 0.6 is 0 Å². The van der Waals surface area contributed by atoms with Crippen molar-refractivity contribution in [3.05, 3.63) is 48.0 Å². The number of aromatic nitrogens is 1. The number of unbranched alkanes of at least 4 members (excludes halogenated alkanes) is 1. The minimum absolute atomic E-state index is 0.0201. The van der Waals surface area contributed by atoms with Gasteiger partial charge in [-0.1, -0.05) is 25.0 Å². The number of carbonyl (C=O) groups excluding carboxylic acids is 1. The van der Waals surface area contributed by atoms with E-state index in [1.165, 1.54) is 0 Å². The van der Waals surface area contributed by atoms with E-state index in [0.29, 0.717) is 23.7 Å². The number of nitrogens with zero attached hydrogens (tertiary/aromatic N) is 3. The van der Waals surface area contributed by atoms with Gasteiger partial charge in [0.1, 0.15) is 11.5 Å². The van der Waals surface area contributed by atoms with Crippen molar-refractivity contribution in [3.63, 3.8) is 0 Å². The van der Waals surface area contributed by atoms with Crippen LogP contribution in [0.1, 0.15) is 25.3 Å². The zero-order valence-corrected chi connectivity index (χ0v) is 16.9. The summed E-state index contributed by atoms with van der Waals surface area (Å²) in [4.78, 5) is 12.1. The first-order valence-electron chi connectivity index (χ1n) is 9.56. The van der Waals surface area contributed by atoms with Crippen LogP contribution in [0.3, 0.4) is 0 Å². The summed E-state index contributed by atoms with van der Waals surface area (Å²) in [7, 11) is 1.58. The fourth-order valence-electron chi connectivity index (χ4n) is 3.03. The Hall–Kier alpha value is -3.35. The normalized spacial score (nSPS) is 11.3. The molecule has 1 heterocycles. The lowest BCUT2D eigenvalue weighted by atomic mass is 10.1. The van der Waals surface area contributed by atoms with E-state index in [-0.39, 0.29) is 12.5 Å². The predicted molar refractivity (Wildman–Crippen MR) is 111 cm³/mol. The lowest BCUT2D eigenvalue weighted by Crippen LogP contribution is -2.07. The summed E-state index contributed by atoms with van der Waals surface area (Å²) in [5.41, 5.74) is 2.21. The van der Waals surface area contributed by atoms with Gasteiger partial charge in [-0.25, -0.2) is 0 Å². The first-order valence-corrected chi connectivity index (χ1v) is 9.56. The van der Waals surface area contributed by atoms with Crippen molar-refractivity contribution in [3.8, 4) is 17.4 Å². The van der Waals surface area contributed by atoms with Crippen LogP contribution in [-0.2, 0) is 11.3 Å². The highest BCUT2D eigenvalue weighted by molar-refractivity contribution is 5.95. The maximum atomic E-state index is 12.1. The summed E-state index contributed by atoms with van der Waals surface area (Å²) in [5, 5.41) is 19.2. The van der Waals surface area contributed by atoms with Gasteiger partial charge in [-0.3, -0.25) is 4.79 Å². The van der Waals surface area contributed by atoms with Gasteiger partial charge in [0.2, 0.25) is 5.88 Å². The molecular formula is C22H25N3O4. The average Bonchev–Trinajstić information content (AvgIpc) is 2.99. The molecule has 1 N–H and O–H groups in total. The number of carbonyl (C=O) groups is 1. The molecule has 3 rings (SSSR count). The molecular weight excluding hydrogens is 370 g/mol. The van der Waals surface area contributed by atoms with Crippen LogP contribution in [0.25, 0.3) is 10.9 Å². The minimum atomic E-state index is -0.540. The molecule has 7 heteroatoms. The average molecular weight is 395 g/mol. The van der Waals surface area contributed by atoms with E-state index in [4.69, 9.17) is 9.47 Å². The maximum Gasteiger partial charge on any atom is 0.302 e. The van der Waals surface area contributed by atoms with Crippen LogP contribution < -0.4 is 9.47 Å². The van der Waals surface area contributed by atoms with Crippen molar-refractivity contribution >= 4 is 22.5 Å². The SMILES string of the molecule is CCCCn1c(O)c(N=NC(=O)COc2ccc(OC)cc2)c2cc(C)ccc21. The summed E-state index contributed by atoms with van der Waals surface area (Å²) >= 11 is 0. The Kier molecular flexibility index (Phi) is 6.49. The monoisotopic (exact) mass is 395 g/mol. The molecule has 152 valence electrons. The molecule has 1 amide bonds. The Labute approximate surface area is 169 Å². The molecule has 0 spiro atoms. The number of rotatable bonds is 8. The van der Waals surface area contributed by atoms with Crippen LogP contribution in [0.5, 0.6) is 17.4 Å². The van der Waals surface area contributed by atoms with E-state index in [9.17, 15) is 9.90 Å². The number of aromatic hydroxyl groups is 1. The quantitative estimate of drug-likeness (QED) is 0.534. The Morgan fingerprint density at radius 3 is 2.55 bits per heavy atom. The molecule has 0 saturated heterocycles. The van der Waals surface area contributed by atoms with E-state index in [0.717, 1.165) is 29.3 Å². The minimum Gasteiger partial charge on any atom is -0.497 e. The van der Waals surface area contributed by atoms with Crippen molar-refractivity contribution in [2.75, 3.05) is 13.7 Å². The Balaban J connectivity index is 1.77. The molecule has 0 saturated carbocycles. The maximum absolute atomic E-state index is 12.1. The fraction of sp³-hybridized carbons (Fsp3) is 0.318.